The Morgan fingerprint density at radius 1 is 1.40 bits per heavy atom. The van der Waals surface area contributed by atoms with Crippen molar-refractivity contribution in [1.29, 1.82) is 0 Å². The summed E-state index contributed by atoms with van der Waals surface area (Å²) < 4.78 is 37.3. The van der Waals surface area contributed by atoms with Crippen LogP contribution in [0.3, 0.4) is 0 Å². The fourth-order valence-electron chi connectivity index (χ4n) is 1.98. The van der Waals surface area contributed by atoms with Crippen LogP contribution in [0.5, 0.6) is 5.88 Å². The second-order valence-electron chi connectivity index (χ2n) is 4.80. The van der Waals surface area contributed by atoms with Gasteiger partial charge in [0.2, 0.25) is 5.88 Å². The van der Waals surface area contributed by atoms with Crippen LogP contribution in [-0.2, 0) is 6.61 Å². The zero-order valence-electron chi connectivity index (χ0n) is 12.3. The van der Waals surface area contributed by atoms with Crippen LogP contribution in [0.25, 0.3) is 0 Å². The highest BCUT2D eigenvalue weighted by Crippen LogP contribution is 2.33. The van der Waals surface area contributed by atoms with E-state index < -0.39 is 24.1 Å². The molecular formula is C14H10BrF2N5O2S. The molecule has 0 radical (unpaired) electrons. The molecule has 2 heterocycles. The van der Waals surface area contributed by atoms with Crippen LogP contribution in [0.1, 0.15) is 15.9 Å². The maximum absolute atomic E-state index is 13.8. The van der Waals surface area contributed by atoms with Gasteiger partial charge in [0.1, 0.15) is 28.8 Å². The normalized spacial score (nSPS) is 10.7. The molecule has 0 spiro atoms. The number of amides is 1. The average Bonchev–Trinajstić information content (AvgIpc) is 3.16. The molecule has 3 rings (SSSR count). The number of carbonyl (C=O) groups is 1. The van der Waals surface area contributed by atoms with E-state index in [-0.39, 0.29) is 21.5 Å². The van der Waals surface area contributed by atoms with Crippen LogP contribution in [0.2, 0.25) is 0 Å². The molecule has 0 atom stereocenters. The largest absolute Gasteiger partial charge is 0.471 e. The Balaban J connectivity index is 1.83. The number of primary amides is 1. The Labute approximate surface area is 152 Å². The Bertz CT molecular complexity index is 893. The third kappa shape index (κ3) is 3.77. The molecule has 130 valence electrons. The molecule has 2 aromatic heterocycles. The Hall–Kier alpha value is -2.53. The van der Waals surface area contributed by atoms with E-state index in [0.29, 0.717) is 10.7 Å². The number of rotatable bonds is 6. The number of benzene rings is 1. The fraction of sp³-hybridized carbons (Fsp3) is 0.0714. The van der Waals surface area contributed by atoms with Gasteiger partial charge in [0, 0.05) is 10.7 Å². The predicted molar refractivity (Wildman–Crippen MR) is 90.9 cm³/mol. The van der Waals surface area contributed by atoms with Crippen molar-refractivity contribution in [1.82, 2.24) is 14.6 Å². The highest BCUT2D eigenvalue weighted by molar-refractivity contribution is 9.10. The third-order valence-corrected chi connectivity index (χ3v) is 4.33. The van der Waals surface area contributed by atoms with Gasteiger partial charge in [-0.05, 0) is 23.7 Å². The first-order valence-corrected chi connectivity index (χ1v) is 8.34. The summed E-state index contributed by atoms with van der Waals surface area (Å²) in [7, 11) is 0. The summed E-state index contributed by atoms with van der Waals surface area (Å²) in [5.41, 5.74) is 5.66. The Morgan fingerprint density at radius 2 is 2.12 bits per heavy atom. The maximum atomic E-state index is 13.8. The van der Waals surface area contributed by atoms with Crippen LogP contribution >= 0.6 is 27.5 Å². The fourth-order valence-corrected chi connectivity index (χ4v) is 3.14. The van der Waals surface area contributed by atoms with Crippen LogP contribution < -0.4 is 15.8 Å². The molecule has 0 aliphatic heterocycles. The van der Waals surface area contributed by atoms with Gasteiger partial charge in [-0.1, -0.05) is 15.9 Å². The van der Waals surface area contributed by atoms with Crippen molar-refractivity contribution in [2.24, 2.45) is 5.73 Å². The SMILES string of the molecule is NC(=O)c1c(OCc2c(F)cc(Br)cc2F)nsc1Nc1cn[nH]c1. The van der Waals surface area contributed by atoms with Gasteiger partial charge in [-0.15, -0.1) is 0 Å². The number of anilines is 2. The summed E-state index contributed by atoms with van der Waals surface area (Å²) in [4.78, 5) is 11.7. The minimum Gasteiger partial charge on any atom is -0.471 e. The molecule has 0 fully saturated rings. The first-order valence-electron chi connectivity index (χ1n) is 6.77. The summed E-state index contributed by atoms with van der Waals surface area (Å²) in [6.45, 7) is -0.444. The van der Waals surface area contributed by atoms with Crippen LogP contribution in [-0.4, -0.2) is 20.5 Å². The number of carbonyl (C=O) groups excluding carboxylic acids is 1. The number of hydrogen-bond acceptors (Lipinski definition) is 6. The molecule has 0 aliphatic rings. The second kappa shape index (κ2) is 7.15. The standard InChI is InChI=1S/C14H10BrF2N5O2S/c15-6-1-9(16)8(10(17)2-6)5-24-13-11(12(18)23)14(25-22-13)21-7-3-19-20-4-7/h1-4,21H,5H2,(H2,18,23)(H,19,20). The number of nitrogens with one attached hydrogen (secondary N) is 2. The molecular weight excluding hydrogens is 420 g/mol. The summed E-state index contributed by atoms with van der Waals surface area (Å²) >= 11 is 3.92. The maximum Gasteiger partial charge on any atom is 0.257 e. The lowest BCUT2D eigenvalue weighted by Gasteiger charge is -2.08. The van der Waals surface area contributed by atoms with Gasteiger partial charge in [0.25, 0.3) is 5.91 Å². The topological polar surface area (TPSA) is 106 Å². The van der Waals surface area contributed by atoms with E-state index in [2.05, 4.69) is 35.8 Å². The van der Waals surface area contributed by atoms with Crippen molar-refractivity contribution < 1.29 is 18.3 Å². The van der Waals surface area contributed by atoms with E-state index in [1.165, 1.54) is 6.20 Å². The van der Waals surface area contributed by atoms with E-state index >= 15 is 0 Å². The van der Waals surface area contributed by atoms with E-state index in [9.17, 15) is 13.6 Å². The zero-order valence-corrected chi connectivity index (χ0v) is 14.7. The van der Waals surface area contributed by atoms with Crippen molar-refractivity contribution in [3.05, 3.63) is 51.8 Å². The molecule has 11 heteroatoms. The monoisotopic (exact) mass is 429 g/mol. The first-order chi connectivity index (χ1) is 12.0. The van der Waals surface area contributed by atoms with Crippen molar-refractivity contribution in [3.8, 4) is 5.88 Å². The quantitative estimate of drug-likeness (QED) is 0.557. The molecule has 1 aromatic carbocycles. The van der Waals surface area contributed by atoms with Crippen molar-refractivity contribution >= 4 is 44.1 Å². The third-order valence-electron chi connectivity index (χ3n) is 3.12. The zero-order chi connectivity index (χ0) is 18.0. The van der Waals surface area contributed by atoms with E-state index in [1.54, 1.807) is 6.20 Å². The molecule has 3 aromatic rings. The van der Waals surface area contributed by atoms with E-state index in [1.807, 2.05) is 0 Å². The molecule has 0 saturated heterocycles. The first kappa shape index (κ1) is 17.3. The van der Waals surface area contributed by atoms with Gasteiger partial charge in [-0.2, -0.15) is 9.47 Å². The van der Waals surface area contributed by atoms with Gasteiger partial charge in [0.15, 0.2) is 0 Å². The smallest absolute Gasteiger partial charge is 0.257 e. The molecule has 0 saturated carbocycles. The van der Waals surface area contributed by atoms with Crippen molar-refractivity contribution in [2.75, 3.05) is 5.32 Å². The number of halogens is 3. The summed E-state index contributed by atoms with van der Waals surface area (Å²) in [6, 6.07) is 2.23. The molecule has 25 heavy (non-hydrogen) atoms. The Morgan fingerprint density at radius 3 is 2.72 bits per heavy atom. The molecule has 0 aliphatic carbocycles. The van der Waals surface area contributed by atoms with Gasteiger partial charge in [-0.3, -0.25) is 9.89 Å². The highest BCUT2D eigenvalue weighted by Gasteiger charge is 2.22. The number of aromatic nitrogens is 3. The molecule has 7 nitrogen and oxygen atoms in total. The van der Waals surface area contributed by atoms with Gasteiger partial charge in [0.05, 0.1) is 17.4 Å². The van der Waals surface area contributed by atoms with E-state index in [0.717, 1.165) is 23.7 Å². The highest BCUT2D eigenvalue weighted by atomic mass is 79.9. The lowest BCUT2D eigenvalue weighted by molar-refractivity contribution is 0.0996. The molecule has 0 bridgehead atoms. The number of H-pyrrole nitrogens is 1. The number of nitrogens with zero attached hydrogens (tertiary/aromatic N) is 2. The lowest BCUT2D eigenvalue weighted by atomic mass is 10.2. The second-order valence-corrected chi connectivity index (χ2v) is 6.49. The van der Waals surface area contributed by atoms with Gasteiger partial charge in [-0.25, -0.2) is 8.78 Å². The minimum absolute atomic E-state index is 0.0101. The minimum atomic E-state index is -0.786. The number of hydrogen-bond donors (Lipinski definition) is 3. The summed E-state index contributed by atoms with van der Waals surface area (Å²) in [5.74, 6) is -2.45. The molecule has 1 amide bonds. The van der Waals surface area contributed by atoms with Crippen LogP contribution in [0.15, 0.2) is 29.0 Å². The summed E-state index contributed by atoms with van der Waals surface area (Å²) in [6.07, 6.45) is 3.06. The Kier molecular flexibility index (Phi) is 4.95. The lowest BCUT2D eigenvalue weighted by Crippen LogP contribution is -2.14. The van der Waals surface area contributed by atoms with Gasteiger partial charge >= 0.3 is 0 Å². The van der Waals surface area contributed by atoms with Crippen LogP contribution in [0, 0.1) is 11.6 Å². The molecule has 0 unspecified atom stereocenters. The molecule has 4 N–H and O–H groups in total. The number of ether oxygens (including phenoxy) is 1. The van der Waals surface area contributed by atoms with E-state index in [4.69, 9.17) is 10.5 Å². The van der Waals surface area contributed by atoms with Crippen molar-refractivity contribution in [2.45, 2.75) is 6.61 Å². The average molecular weight is 430 g/mol. The van der Waals surface area contributed by atoms with Gasteiger partial charge < -0.3 is 15.8 Å². The predicted octanol–water partition coefficient (Wildman–Crippen LogP) is 3.33. The number of aromatic amines is 1. The van der Waals surface area contributed by atoms with Crippen LogP contribution in [0.4, 0.5) is 19.5 Å². The number of nitrogens with two attached hydrogens (primary N) is 1. The van der Waals surface area contributed by atoms with Crippen molar-refractivity contribution in [3.63, 3.8) is 0 Å². The summed E-state index contributed by atoms with van der Waals surface area (Å²) in [5, 5.41) is 9.61.